The molecule has 0 amide bonds. The van der Waals surface area contributed by atoms with E-state index in [-0.39, 0.29) is 5.82 Å². The van der Waals surface area contributed by atoms with E-state index in [1.54, 1.807) is 6.07 Å². The van der Waals surface area contributed by atoms with Gasteiger partial charge in [0.15, 0.2) is 0 Å². The second-order valence-electron chi connectivity index (χ2n) is 4.76. The first-order valence-electron chi connectivity index (χ1n) is 6.77. The molecule has 0 saturated carbocycles. The number of H-pyrrole nitrogens is 1. The van der Waals surface area contributed by atoms with Crippen LogP contribution >= 0.6 is 0 Å². The fourth-order valence-electron chi connectivity index (χ4n) is 1.96. The van der Waals surface area contributed by atoms with Crippen molar-refractivity contribution in [1.29, 1.82) is 0 Å². The van der Waals surface area contributed by atoms with Gasteiger partial charge in [0.1, 0.15) is 5.82 Å². The first kappa shape index (κ1) is 15.0. The Labute approximate surface area is 123 Å². The molecule has 2 aromatic heterocycles. The number of hydrogen-bond donors (Lipinski definition) is 2. The smallest absolute Gasteiger partial charge is 0.376 e. The first-order valence-corrected chi connectivity index (χ1v) is 6.77. The number of aromatic amines is 1. The van der Waals surface area contributed by atoms with Crippen LogP contribution in [-0.4, -0.2) is 39.8 Å². The Morgan fingerprint density at radius 1 is 1.38 bits per heavy atom. The monoisotopic (exact) mass is 289 g/mol. The van der Waals surface area contributed by atoms with Gasteiger partial charge >= 0.3 is 5.97 Å². The van der Waals surface area contributed by atoms with Crippen LogP contribution in [0.5, 0.6) is 0 Å². The molecule has 0 aromatic carbocycles. The number of hydrogen-bond acceptors (Lipinski definition) is 6. The average Bonchev–Trinajstić information content (AvgIpc) is 2.87. The molecule has 7 heteroatoms. The summed E-state index contributed by atoms with van der Waals surface area (Å²) in [6.07, 6.45) is 3.72. The summed E-state index contributed by atoms with van der Waals surface area (Å²) in [6, 6.07) is 1.80. The van der Waals surface area contributed by atoms with E-state index in [4.69, 9.17) is 0 Å². The number of carbonyl (C=O) groups is 1. The molecule has 0 bridgehead atoms. The lowest BCUT2D eigenvalue weighted by atomic mass is 10.1. The van der Waals surface area contributed by atoms with Gasteiger partial charge in [0, 0.05) is 24.0 Å². The molecule has 0 fully saturated rings. The third-order valence-corrected chi connectivity index (χ3v) is 3.09. The zero-order valence-corrected chi connectivity index (χ0v) is 12.4. The Morgan fingerprint density at radius 2 is 2.19 bits per heavy atom. The molecule has 2 rings (SSSR count). The molecule has 0 aliphatic carbocycles. The molecule has 2 N–H and O–H groups in total. The lowest BCUT2D eigenvalue weighted by Gasteiger charge is -2.07. The van der Waals surface area contributed by atoms with Crippen molar-refractivity contribution in [2.45, 2.75) is 26.7 Å². The van der Waals surface area contributed by atoms with Gasteiger partial charge in [-0.25, -0.2) is 14.8 Å². The lowest BCUT2D eigenvalue weighted by molar-refractivity contribution is 0.0586. The van der Waals surface area contributed by atoms with Crippen LogP contribution < -0.4 is 5.32 Å². The fraction of sp³-hybridized carbons (Fsp3) is 0.429. The zero-order chi connectivity index (χ0) is 15.2. The Hall–Kier alpha value is -2.44. The summed E-state index contributed by atoms with van der Waals surface area (Å²) >= 11 is 0. The van der Waals surface area contributed by atoms with Crippen LogP contribution in [0.25, 0.3) is 0 Å². The van der Waals surface area contributed by atoms with Gasteiger partial charge in [0.2, 0.25) is 5.82 Å². The SMILES string of the molecule is COC(=O)c1nc(C)cc(NCCCc2cn[nH]c2C)n1. The van der Waals surface area contributed by atoms with Crippen LogP contribution in [0.3, 0.4) is 0 Å². The third kappa shape index (κ3) is 4.01. The minimum absolute atomic E-state index is 0.0747. The van der Waals surface area contributed by atoms with Gasteiger partial charge in [0.25, 0.3) is 0 Å². The molecule has 2 aromatic rings. The number of carbonyl (C=O) groups excluding carboxylic acids is 1. The minimum atomic E-state index is -0.532. The standard InChI is InChI=1S/C14H19N5O2/c1-9-7-12(18-13(17-9)14(20)21-3)15-6-4-5-11-8-16-19-10(11)2/h7-8H,4-6H2,1-3H3,(H,16,19)(H,15,17,18). The summed E-state index contributed by atoms with van der Waals surface area (Å²) in [5.41, 5.74) is 3.03. The van der Waals surface area contributed by atoms with Crippen molar-refractivity contribution in [3.63, 3.8) is 0 Å². The number of nitrogens with zero attached hydrogens (tertiary/aromatic N) is 3. The van der Waals surface area contributed by atoms with E-state index in [0.717, 1.165) is 30.8 Å². The number of rotatable bonds is 6. The molecule has 2 heterocycles. The van der Waals surface area contributed by atoms with Crippen LogP contribution in [-0.2, 0) is 11.2 Å². The molecular weight excluding hydrogens is 270 g/mol. The molecule has 0 aliphatic rings. The number of ether oxygens (including phenoxy) is 1. The van der Waals surface area contributed by atoms with E-state index in [2.05, 4.69) is 30.2 Å². The van der Waals surface area contributed by atoms with Crippen molar-refractivity contribution in [2.75, 3.05) is 19.0 Å². The molecule has 0 saturated heterocycles. The first-order chi connectivity index (χ1) is 10.1. The summed E-state index contributed by atoms with van der Waals surface area (Å²) in [7, 11) is 1.31. The van der Waals surface area contributed by atoms with E-state index in [1.807, 2.05) is 20.0 Å². The predicted molar refractivity (Wildman–Crippen MR) is 78.2 cm³/mol. The van der Waals surface area contributed by atoms with Crippen molar-refractivity contribution >= 4 is 11.8 Å². The topological polar surface area (TPSA) is 92.8 Å². The maximum absolute atomic E-state index is 11.5. The largest absolute Gasteiger partial charge is 0.463 e. The van der Waals surface area contributed by atoms with Gasteiger partial charge in [-0.3, -0.25) is 5.10 Å². The maximum atomic E-state index is 11.5. The highest BCUT2D eigenvalue weighted by Gasteiger charge is 2.11. The van der Waals surface area contributed by atoms with Gasteiger partial charge in [-0.1, -0.05) is 0 Å². The van der Waals surface area contributed by atoms with Crippen molar-refractivity contribution in [2.24, 2.45) is 0 Å². The number of aromatic nitrogens is 4. The normalized spacial score (nSPS) is 10.4. The van der Waals surface area contributed by atoms with Crippen LogP contribution in [0.1, 0.15) is 34.0 Å². The summed E-state index contributed by atoms with van der Waals surface area (Å²) in [5.74, 6) is 0.174. The number of methoxy groups -OCH3 is 1. The highest BCUT2D eigenvalue weighted by Crippen LogP contribution is 2.09. The van der Waals surface area contributed by atoms with Gasteiger partial charge in [-0.05, 0) is 32.3 Å². The van der Waals surface area contributed by atoms with Crippen LogP contribution in [0.4, 0.5) is 5.82 Å². The molecule has 21 heavy (non-hydrogen) atoms. The van der Waals surface area contributed by atoms with E-state index in [1.165, 1.54) is 12.7 Å². The summed E-state index contributed by atoms with van der Waals surface area (Å²) < 4.78 is 4.63. The Morgan fingerprint density at radius 3 is 2.86 bits per heavy atom. The summed E-state index contributed by atoms with van der Waals surface area (Å²) in [4.78, 5) is 19.6. The zero-order valence-electron chi connectivity index (χ0n) is 12.4. The molecule has 112 valence electrons. The third-order valence-electron chi connectivity index (χ3n) is 3.09. The number of esters is 1. The summed E-state index contributed by atoms with van der Waals surface area (Å²) in [5, 5.41) is 10.1. The van der Waals surface area contributed by atoms with Crippen LogP contribution in [0.15, 0.2) is 12.3 Å². The average molecular weight is 289 g/mol. The van der Waals surface area contributed by atoms with E-state index in [9.17, 15) is 4.79 Å². The molecular formula is C14H19N5O2. The van der Waals surface area contributed by atoms with Gasteiger partial charge in [0.05, 0.1) is 13.3 Å². The van der Waals surface area contributed by atoms with E-state index < -0.39 is 5.97 Å². The highest BCUT2D eigenvalue weighted by atomic mass is 16.5. The number of nitrogens with one attached hydrogen (secondary N) is 2. The van der Waals surface area contributed by atoms with Gasteiger partial charge in [-0.2, -0.15) is 5.10 Å². The molecule has 0 spiro atoms. The van der Waals surface area contributed by atoms with Crippen molar-refractivity contribution in [3.8, 4) is 0 Å². The fourth-order valence-corrected chi connectivity index (χ4v) is 1.96. The van der Waals surface area contributed by atoms with E-state index in [0.29, 0.717) is 5.82 Å². The van der Waals surface area contributed by atoms with Gasteiger partial charge < -0.3 is 10.1 Å². The molecule has 0 radical (unpaired) electrons. The minimum Gasteiger partial charge on any atom is -0.463 e. The number of aryl methyl sites for hydroxylation is 3. The van der Waals surface area contributed by atoms with E-state index >= 15 is 0 Å². The second kappa shape index (κ2) is 6.83. The predicted octanol–water partition coefficient (Wildman–Crippen LogP) is 1.65. The summed E-state index contributed by atoms with van der Waals surface area (Å²) in [6.45, 7) is 4.57. The van der Waals surface area contributed by atoms with Crippen molar-refractivity contribution in [1.82, 2.24) is 20.2 Å². The number of anilines is 1. The Bertz CT molecular complexity index is 624. The van der Waals surface area contributed by atoms with Crippen molar-refractivity contribution < 1.29 is 9.53 Å². The Kier molecular flexibility index (Phi) is 4.86. The lowest BCUT2D eigenvalue weighted by Crippen LogP contribution is -2.12. The molecule has 0 aliphatic heterocycles. The molecule has 0 unspecified atom stereocenters. The maximum Gasteiger partial charge on any atom is 0.376 e. The quantitative estimate of drug-likeness (QED) is 0.620. The second-order valence-corrected chi connectivity index (χ2v) is 4.76. The Balaban J connectivity index is 1.89. The molecule has 7 nitrogen and oxygen atoms in total. The van der Waals surface area contributed by atoms with Crippen LogP contribution in [0.2, 0.25) is 0 Å². The molecule has 0 atom stereocenters. The van der Waals surface area contributed by atoms with Gasteiger partial charge in [-0.15, -0.1) is 0 Å². The van der Waals surface area contributed by atoms with Crippen LogP contribution in [0, 0.1) is 13.8 Å². The van der Waals surface area contributed by atoms with Crippen molar-refractivity contribution in [3.05, 3.63) is 35.0 Å². The highest BCUT2D eigenvalue weighted by molar-refractivity contribution is 5.85.